The Hall–Kier alpha value is -1.75. The van der Waals surface area contributed by atoms with Crippen LogP contribution in [0.2, 0.25) is 10.0 Å². The van der Waals surface area contributed by atoms with Crippen molar-refractivity contribution in [1.82, 2.24) is 0 Å². The van der Waals surface area contributed by atoms with E-state index in [1.807, 2.05) is 30.3 Å². The molecular weight excluding hydrogens is 395 g/mol. The Morgan fingerprint density at radius 2 is 1.71 bits per heavy atom. The first-order valence-corrected chi connectivity index (χ1v) is 10.4. The number of anilines is 1. The van der Waals surface area contributed by atoms with E-state index in [-0.39, 0.29) is 6.10 Å². The van der Waals surface area contributed by atoms with E-state index in [1.165, 1.54) is 12.8 Å². The number of nitrogens with one attached hydrogen (secondary N) is 1. The predicted octanol–water partition coefficient (Wildman–Crippen LogP) is 5.98. The number of hydrogen-bond donors (Lipinski definition) is 1. The summed E-state index contributed by atoms with van der Waals surface area (Å²) in [6.07, 6.45) is 3.86. The van der Waals surface area contributed by atoms with Gasteiger partial charge in [-0.3, -0.25) is 5.32 Å². The summed E-state index contributed by atoms with van der Waals surface area (Å²) in [5.74, 6) is 0. The van der Waals surface area contributed by atoms with Gasteiger partial charge in [-0.15, -0.1) is 0 Å². The van der Waals surface area contributed by atoms with Gasteiger partial charge in [0.15, 0.2) is 0 Å². The van der Waals surface area contributed by atoms with Gasteiger partial charge in [-0.25, -0.2) is 4.79 Å². The standard InChI is InChI=1S/C22H24Cl2N2O2/c1-26(2)17-7-8-18(26)13-19(12-17)28-22(27)25-21-9-6-16(24)11-20(21)14-4-3-5-15(23)10-14/h3-6,9-11,17-19H,7-8,12-13H2,1-2H3/p+1. The van der Waals surface area contributed by atoms with Gasteiger partial charge in [-0.2, -0.15) is 0 Å². The average Bonchev–Trinajstić information content (AvgIpc) is 2.81. The van der Waals surface area contributed by atoms with Gasteiger partial charge >= 0.3 is 6.09 Å². The zero-order valence-electron chi connectivity index (χ0n) is 16.1. The molecule has 148 valence electrons. The Bertz CT molecular complexity index is 884. The van der Waals surface area contributed by atoms with Crippen molar-refractivity contribution >= 4 is 35.0 Å². The van der Waals surface area contributed by atoms with Crippen LogP contribution in [-0.2, 0) is 4.74 Å². The molecule has 0 aliphatic carbocycles. The highest BCUT2D eigenvalue weighted by Gasteiger charge is 2.49. The van der Waals surface area contributed by atoms with Crippen LogP contribution in [0.15, 0.2) is 42.5 Å². The molecule has 2 heterocycles. The Morgan fingerprint density at radius 1 is 1.04 bits per heavy atom. The lowest BCUT2D eigenvalue weighted by Gasteiger charge is -2.43. The summed E-state index contributed by atoms with van der Waals surface area (Å²) in [7, 11) is 4.59. The molecule has 1 amide bonds. The number of halogens is 2. The quantitative estimate of drug-likeness (QED) is 0.621. The van der Waals surface area contributed by atoms with Gasteiger partial charge in [-0.05, 0) is 35.9 Å². The van der Waals surface area contributed by atoms with Crippen LogP contribution in [0.25, 0.3) is 11.1 Å². The first-order chi connectivity index (χ1) is 13.3. The molecule has 2 atom stereocenters. The molecule has 2 aliphatic rings. The van der Waals surface area contributed by atoms with E-state index in [0.29, 0.717) is 27.8 Å². The van der Waals surface area contributed by atoms with E-state index in [9.17, 15) is 4.79 Å². The highest BCUT2D eigenvalue weighted by atomic mass is 35.5. The fourth-order valence-corrected chi connectivity index (χ4v) is 5.10. The van der Waals surface area contributed by atoms with E-state index < -0.39 is 6.09 Å². The summed E-state index contributed by atoms with van der Waals surface area (Å²) in [4.78, 5) is 12.6. The van der Waals surface area contributed by atoms with Crippen LogP contribution in [0.3, 0.4) is 0 Å². The summed E-state index contributed by atoms with van der Waals surface area (Å²) in [5.41, 5.74) is 2.36. The van der Waals surface area contributed by atoms with Crippen LogP contribution >= 0.6 is 23.2 Å². The Labute approximate surface area is 176 Å². The van der Waals surface area contributed by atoms with Crippen molar-refractivity contribution in [3.8, 4) is 11.1 Å². The fourth-order valence-electron chi connectivity index (χ4n) is 4.74. The molecule has 2 saturated heterocycles. The topological polar surface area (TPSA) is 38.3 Å². The second-order valence-corrected chi connectivity index (χ2v) is 9.21. The highest BCUT2D eigenvalue weighted by molar-refractivity contribution is 6.31. The molecule has 4 nitrogen and oxygen atoms in total. The summed E-state index contributed by atoms with van der Waals surface area (Å²) in [5, 5.41) is 4.13. The summed E-state index contributed by atoms with van der Waals surface area (Å²) < 4.78 is 6.85. The number of carbonyl (C=O) groups is 1. The maximum Gasteiger partial charge on any atom is 0.411 e. The summed E-state index contributed by atoms with van der Waals surface area (Å²) >= 11 is 12.3. The minimum Gasteiger partial charge on any atom is -0.445 e. The number of nitrogens with zero attached hydrogens (tertiary/aromatic N) is 1. The number of amides is 1. The molecule has 0 saturated carbocycles. The van der Waals surface area contributed by atoms with Gasteiger partial charge in [0.25, 0.3) is 0 Å². The van der Waals surface area contributed by atoms with Crippen molar-refractivity contribution < 1.29 is 14.0 Å². The minimum atomic E-state index is -0.415. The molecule has 2 fully saturated rings. The third-order valence-corrected chi connectivity index (χ3v) is 6.88. The molecule has 2 bridgehead atoms. The van der Waals surface area contributed by atoms with Gasteiger partial charge in [-0.1, -0.05) is 35.3 Å². The van der Waals surface area contributed by atoms with Crippen LogP contribution in [0.4, 0.5) is 10.5 Å². The third kappa shape index (κ3) is 3.86. The van der Waals surface area contributed by atoms with Crippen LogP contribution < -0.4 is 5.32 Å². The number of piperidine rings is 1. The molecule has 2 aromatic carbocycles. The van der Waals surface area contributed by atoms with Gasteiger partial charge in [0.1, 0.15) is 6.10 Å². The number of carbonyl (C=O) groups excluding carboxylic acids is 1. The van der Waals surface area contributed by atoms with E-state index in [0.717, 1.165) is 28.5 Å². The number of fused-ring (bicyclic) bond motifs is 2. The first-order valence-electron chi connectivity index (χ1n) is 9.69. The Kier molecular flexibility index (Phi) is 5.30. The molecule has 28 heavy (non-hydrogen) atoms. The maximum atomic E-state index is 12.6. The monoisotopic (exact) mass is 419 g/mol. The molecule has 4 rings (SSSR count). The average molecular weight is 420 g/mol. The first kappa shape index (κ1) is 19.6. The smallest absolute Gasteiger partial charge is 0.411 e. The van der Waals surface area contributed by atoms with Gasteiger partial charge in [0, 0.05) is 41.3 Å². The number of hydrogen-bond acceptors (Lipinski definition) is 2. The third-order valence-electron chi connectivity index (χ3n) is 6.41. The van der Waals surface area contributed by atoms with Crippen molar-refractivity contribution in [3.05, 3.63) is 52.5 Å². The van der Waals surface area contributed by atoms with Crippen molar-refractivity contribution in [2.75, 3.05) is 19.4 Å². The lowest BCUT2D eigenvalue weighted by atomic mass is 9.98. The van der Waals surface area contributed by atoms with Crippen molar-refractivity contribution in [3.63, 3.8) is 0 Å². The van der Waals surface area contributed by atoms with Crippen molar-refractivity contribution in [1.29, 1.82) is 0 Å². The molecule has 2 unspecified atom stereocenters. The molecule has 0 spiro atoms. The molecule has 1 N–H and O–H groups in total. The summed E-state index contributed by atoms with van der Waals surface area (Å²) in [6, 6.07) is 14.0. The maximum absolute atomic E-state index is 12.6. The predicted molar refractivity (Wildman–Crippen MR) is 114 cm³/mol. The van der Waals surface area contributed by atoms with Gasteiger partial charge in [0.05, 0.1) is 31.9 Å². The number of rotatable bonds is 3. The zero-order valence-corrected chi connectivity index (χ0v) is 17.6. The molecule has 2 aliphatic heterocycles. The zero-order chi connectivity index (χ0) is 19.9. The molecule has 0 radical (unpaired) electrons. The largest absolute Gasteiger partial charge is 0.445 e. The normalized spacial score (nSPS) is 25.4. The van der Waals surface area contributed by atoms with E-state index >= 15 is 0 Å². The number of quaternary nitrogens is 1. The van der Waals surface area contributed by atoms with Crippen molar-refractivity contribution in [2.45, 2.75) is 43.9 Å². The number of ether oxygens (including phenoxy) is 1. The lowest BCUT2D eigenvalue weighted by Crippen LogP contribution is -2.56. The van der Waals surface area contributed by atoms with Crippen LogP contribution in [0.1, 0.15) is 25.7 Å². The van der Waals surface area contributed by atoms with Crippen LogP contribution in [0, 0.1) is 0 Å². The van der Waals surface area contributed by atoms with E-state index in [4.69, 9.17) is 27.9 Å². The molecule has 2 aromatic rings. The van der Waals surface area contributed by atoms with Gasteiger partial charge < -0.3 is 9.22 Å². The second kappa shape index (κ2) is 7.58. The van der Waals surface area contributed by atoms with Crippen LogP contribution in [0.5, 0.6) is 0 Å². The Balaban J connectivity index is 1.48. The van der Waals surface area contributed by atoms with Crippen molar-refractivity contribution in [2.24, 2.45) is 0 Å². The SMILES string of the molecule is C[N+]1(C)C2CCC1CC(OC(=O)Nc1ccc(Cl)cc1-c1cccc(Cl)c1)C2. The van der Waals surface area contributed by atoms with Crippen LogP contribution in [-0.4, -0.2) is 42.9 Å². The Morgan fingerprint density at radius 3 is 2.39 bits per heavy atom. The fraction of sp³-hybridized carbons (Fsp3) is 0.409. The summed E-state index contributed by atoms with van der Waals surface area (Å²) in [6.45, 7) is 0. The highest BCUT2D eigenvalue weighted by Crippen LogP contribution is 2.40. The van der Waals surface area contributed by atoms with E-state index in [2.05, 4.69) is 19.4 Å². The second-order valence-electron chi connectivity index (χ2n) is 8.34. The minimum absolute atomic E-state index is 0.0226. The van der Waals surface area contributed by atoms with Gasteiger partial charge in [0.2, 0.25) is 0 Å². The molecular formula is C22H25Cl2N2O2+. The lowest BCUT2D eigenvalue weighted by molar-refractivity contribution is -0.931. The van der Waals surface area contributed by atoms with E-state index in [1.54, 1.807) is 12.1 Å². The molecule has 6 heteroatoms. The number of benzene rings is 2. The molecule has 0 aromatic heterocycles.